The molecule has 0 fully saturated rings. The van der Waals surface area contributed by atoms with Crippen LogP contribution in [0.2, 0.25) is 0 Å². The third-order valence-corrected chi connectivity index (χ3v) is 4.87. The average molecular weight is 401 g/mol. The van der Waals surface area contributed by atoms with Crippen LogP contribution in [0.25, 0.3) is 22.7 Å². The van der Waals surface area contributed by atoms with Gasteiger partial charge in [-0.2, -0.15) is 0 Å². The van der Waals surface area contributed by atoms with Crippen LogP contribution in [0, 0.1) is 13.8 Å². The molecule has 30 heavy (non-hydrogen) atoms. The van der Waals surface area contributed by atoms with Gasteiger partial charge in [0.2, 0.25) is 5.95 Å². The van der Waals surface area contributed by atoms with Crippen molar-refractivity contribution in [3.05, 3.63) is 65.6 Å². The molecular weight excluding hydrogens is 378 g/mol. The highest BCUT2D eigenvalue weighted by Crippen LogP contribution is 2.33. The van der Waals surface area contributed by atoms with Gasteiger partial charge in [-0.15, -0.1) is 0 Å². The van der Waals surface area contributed by atoms with E-state index in [1.807, 2.05) is 39.0 Å². The number of pyridine rings is 1. The van der Waals surface area contributed by atoms with E-state index in [0.717, 1.165) is 34.6 Å². The Morgan fingerprint density at radius 1 is 1.03 bits per heavy atom. The van der Waals surface area contributed by atoms with Gasteiger partial charge in [-0.1, -0.05) is 18.1 Å². The number of nitrogens with zero attached hydrogens (tertiary/aromatic N) is 6. The molecule has 0 aliphatic rings. The van der Waals surface area contributed by atoms with Gasteiger partial charge in [-0.3, -0.25) is 15.0 Å². The molecule has 0 radical (unpaired) electrons. The molecule has 0 spiro atoms. The largest absolute Gasteiger partial charge is 0.356 e. The van der Waals surface area contributed by atoms with Crippen molar-refractivity contribution < 1.29 is 4.52 Å². The van der Waals surface area contributed by atoms with Crippen LogP contribution in [0.15, 0.2) is 47.5 Å². The van der Waals surface area contributed by atoms with E-state index in [1.165, 1.54) is 0 Å². The summed E-state index contributed by atoms with van der Waals surface area (Å²) in [5.41, 5.74) is 5.65. The molecule has 4 aromatic heterocycles. The van der Waals surface area contributed by atoms with Gasteiger partial charge in [0.1, 0.15) is 11.4 Å². The first-order chi connectivity index (χ1) is 14.6. The van der Waals surface area contributed by atoms with Crippen molar-refractivity contribution in [2.75, 3.05) is 5.32 Å². The Hall–Kier alpha value is -3.68. The van der Waals surface area contributed by atoms with E-state index < -0.39 is 0 Å². The zero-order chi connectivity index (χ0) is 21.1. The standard InChI is InChI=1S/C22H23N7O/c1-5-16-14(3)29-30-21(16)17-11-26-22(27-15(4)18-8-6-7-9-23-18)28-20(17)19-12-24-13(2)10-25-19/h6-12,15H,5H2,1-4H3,(H,26,27,28). The number of hydrogen-bond donors (Lipinski definition) is 1. The molecule has 8 heteroatoms. The van der Waals surface area contributed by atoms with Gasteiger partial charge in [0, 0.05) is 24.2 Å². The molecule has 0 saturated carbocycles. The average Bonchev–Trinajstić information content (AvgIpc) is 3.15. The van der Waals surface area contributed by atoms with E-state index in [1.54, 1.807) is 24.8 Å². The second-order valence-corrected chi connectivity index (χ2v) is 7.05. The molecule has 152 valence electrons. The Balaban J connectivity index is 1.78. The molecule has 0 amide bonds. The van der Waals surface area contributed by atoms with Crippen LogP contribution in [0.4, 0.5) is 5.95 Å². The molecule has 8 nitrogen and oxygen atoms in total. The first kappa shape index (κ1) is 19.6. The molecule has 1 N–H and O–H groups in total. The number of rotatable bonds is 6. The summed E-state index contributed by atoms with van der Waals surface area (Å²) in [6, 6.07) is 5.74. The molecule has 0 aliphatic carbocycles. The Bertz CT molecular complexity index is 1140. The predicted molar refractivity (Wildman–Crippen MR) is 114 cm³/mol. The Kier molecular flexibility index (Phi) is 5.47. The topological polar surface area (TPSA) is 103 Å². The first-order valence-corrected chi connectivity index (χ1v) is 9.85. The van der Waals surface area contributed by atoms with Crippen molar-refractivity contribution in [3.8, 4) is 22.7 Å². The van der Waals surface area contributed by atoms with Crippen molar-refractivity contribution in [1.82, 2.24) is 30.1 Å². The lowest BCUT2D eigenvalue weighted by atomic mass is 10.0. The Labute approximate surface area is 174 Å². The van der Waals surface area contributed by atoms with Crippen molar-refractivity contribution in [2.45, 2.75) is 40.2 Å². The zero-order valence-corrected chi connectivity index (χ0v) is 17.4. The summed E-state index contributed by atoms with van der Waals surface area (Å²) >= 11 is 0. The summed E-state index contributed by atoms with van der Waals surface area (Å²) < 4.78 is 5.64. The van der Waals surface area contributed by atoms with Crippen LogP contribution >= 0.6 is 0 Å². The van der Waals surface area contributed by atoms with Crippen molar-refractivity contribution in [2.24, 2.45) is 0 Å². The van der Waals surface area contributed by atoms with E-state index in [2.05, 4.69) is 37.3 Å². The lowest BCUT2D eigenvalue weighted by Gasteiger charge is -2.15. The third-order valence-electron chi connectivity index (χ3n) is 4.87. The van der Waals surface area contributed by atoms with Crippen molar-refractivity contribution in [1.29, 1.82) is 0 Å². The molecule has 0 bridgehead atoms. The van der Waals surface area contributed by atoms with E-state index in [-0.39, 0.29) is 6.04 Å². The smallest absolute Gasteiger partial charge is 0.223 e. The SMILES string of the molecule is CCc1c(C)noc1-c1cnc(NC(C)c2ccccn2)nc1-c1cnc(C)cn1. The summed E-state index contributed by atoms with van der Waals surface area (Å²) in [7, 11) is 0. The predicted octanol–water partition coefficient (Wildman–Crippen LogP) is 4.34. The van der Waals surface area contributed by atoms with Crippen molar-refractivity contribution in [3.63, 3.8) is 0 Å². The Morgan fingerprint density at radius 2 is 1.90 bits per heavy atom. The monoisotopic (exact) mass is 401 g/mol. The van der Waals surface area contributed by atoms with Gasteiger partial charge in [-0.05, 0) is 39.3 Å². The van der Waals surface area contributed by atoms with E-state index in [0.29, 0.717) is 23.1 Å². The third kappa shape index (κ3) is 3.89. The maximum absolute atomic E-state index is 5.64. The van der Waals surface area contributed by atoms with E-state index >= 15 is 0 Å². The summed E-state index contributed by atoms with van der Waals surface area (Å²) in [5.74, 6) is 1.14. The number of hydrogen-bond acceptors (Lipinski definition) is 8. The maximum Gasteiger partial charge on any atom is 0.223 e. The summed E-state index contributed by atoms with van der Waals surface area (Å²) in [4.78, 5) is 22.6. The van der Waals surface area contributed by atoms with Gasteiger partial charge in [0.25, 0.3) is 0 Å². The minimum atomic E-state index is -0.0623. The number of aromatic nitrogens is 6. The minimum Gasteiger partial charge on any atom is -0.356 e. The van der Waals surface area contributed by atoms with Crippen LogP contribution in [-0.4, -0.2) is 30.1 Å². The number of anilines is 1. The van der Waals surface area contributed by atoms with E-state index in [4.69, 9.17) is 9.51 Å². The van der Waals surface area contributed by atoms with Gasteiger partial charge in [0.15, 0.2) is 5.76 Å². The number of nitrogens with one attached hydrogen (secondary N) is 1. The first-order valence-electron chi connectivity index (χ1n) is 9.85. The van der Waals surface area contributed by atoms with Gasteiger partial charge < -0.3 is 9.84 Å². The quantitative estimate of drug-likeness (QED) is 0.509. The number of aryl methyl sites for hydroxylation is 2. The molecule has 0 saturated heterocycles. The molecular formula is C22H23N7O. The van der Waals surface area contributed by atoms with Crippen LogP contribution in [-0.2, 0) is 6.42 Å². The summed E-state index contributed by atoms with van der Waals surface area (Å²) in [5, 5.41) is 7.45. The lowest BCUT2D eigenvalue weighted by Crippen LogP contribution is -2.11. The summed E-state index contributed by atoms with van der Waals surface area (Å²) in [6.45, 7) is 7.91. The molecule has 0 aromatic carbocycles. The van der Waals surface area contributed by atoms with Gasteiger partial charge in [-0.25, -0.2) is 9.97 Å². The van der Waals surface area contributed by atoms with E-state index in [9.17, 15) is 0 Å². The van der Waals surface area contributed by atoms with Gasteiger partial charge >= 0.3 is 0 Å². The molecule has 4 rings (SSSR count). The fraction of sp³-hybridized carbons (Fsp3) is 0.273. The molecule has 1 atom stereocenters. The molecule has 4 heterocycles. The van der Waals surface area contributed by atoms with Gasteiger partial charge in [0.05, 0.1) is 34.9 Å². The zero-order valence-electron chi connectivity index (χ0n) is 17.4. The minimum absolute atomic E-state index is 0.0623. The van der Waals surface area contributed by atoms with Crippen molar-refractivity contribution >= 4 is 5.95 Å². The van der Waals surface area contributed by atoms with Crippen LogP contribution in [0.1, 0.15) is 42.5 Å². The maximum atomic E-state index is 5.64. The van der Waals surface area contributed by atoms with Crippen LogP contribution in [0.5, 0.6) is 0 Å². The fourth-order valence-electron chi connectivity index (χ4n) is 3.24. The lowest BCUT2D eigenvalue weighted by molar-refractivity contribution is 0.426. The van der Waals surface area contributed by atoms with Crippen LogP contribution < -0.4 is 5.32 Å². The normalized spacial score (nSPS) is 12.0. The second kappa shape index (κ2) is 8.36. The highest BCUT2D eigenvalue weighted by molar-refractivity contribution is 5.78. The highest BCUT2D eigenvalue weighted by Gasteiger charge is 2.21. The van der Waals surface area contributed by atoms with Crippen LogP contribution in [0.3, 0.4) is 0 Å². The molecule has 4 aromatic rings. The highest BCUT2D eigenvalue weighted by atomic mass is 16.5. The molecule has 1 unspecified atom stereocenters. The fourth-order valence-corrected chi connectivity index (χ4v) is 3.24. The summed E-state index contributed by atoms with van der Waals surface area (Å²) in [6.07, 6.45) is 7.74. The Morgan fingerprint density at radius 3 is 2.60 bits per heavy atom. The second-order valence-electron chi connectivity index (χ2n) is 7.05. The molecule has 0 aliphatic heterocycles.